The number of para-hydroxylation sites is 3. The third-order valence-corrected chi connectivity index (χ3v) is 22.7. The summed E-state index contributed by atoms with van der Waals surface area (Å²) in [6.45, 7) is 9.88. The van der Waals surface area contributed by atoms with Gasteiger partial charge >= 0.3 is 24.2 Å². The first-order valence-corrected chi connectivity index (χ1v) is 38.6. The highest BCUT2D eigenvalue weighted by Crippen LogP contribution is 2.37. The Bertz CT molecular complexity index is 5000. The fraction of sp³-hybridized carbons (Fsp3) is 0.286. The molecule has 11 N–H and O–H groups in total. The van der Waals surface area contributed by atoms with Crippen LogP contribution < -0.4 is 62.9 Å². The predicted molar refractivity (Wildman–Crippen MR) is 411 cm³/mol. The minimum Gasteiger partial charge on any atom is -0.495 e. The number of benzene rings is 6. The summed E-state index contributed by atoms with van der Waals surface area (Å²) in [5, 5.41) is 17.5. The quantitative estimate of drug-likeness (QED) is 0.0131. The van der Waals surface area contributed by atoms with Gasteiger partial charge in [0.25, 0.3) is 0 Å². The van der Waals surface area contributed by atoms with Crippen LogP contribution in [0.25, 0.3) is 0 Å². The third-order valence-electron chi connectivity index (χ3n) is 15.1. The molecule has 0 bridgehead atoms. The summed E-state index contributed by atoms with van der Waals surface area (Å²) in [6.07, 6.45) is -4.60. The first-order valence-electron chi connectivity index (χ1n) is 32.5. The van der Waals surface area contributed by atoms with Gasteiger partial charge in [0, 0.05) is 13.1 Å². The minimum absolute atomic E-state index is 0.0195. The van der Waals surface area contributed by atoms with E-state index in [1.165, 1.54) is 44.9 Å². The Morgan fingerprint density at radius 1 is 0.440 bits per heavy atom. The van der Waals surface area contributed by atoms with Crippen molar-refractivity contribution in [1.82, 2.24) is 40.5 Å². The molecular formula is C70H77Cl4F6N15O11S3. The Morgan fingerprint density at radius 3 is 1.09 bits per heavy atom. The van der Waals surface area contributed by atoms with Crippen LogP contribution in [0.5, 0.6) is 17.2 Å². The van der Waals surface area contributed by atoms with E-state index in [9.17, 15) is 61.2 Å². The van der Waals surface area contributed by atoms with Gasteiger partial charge in [0.1, 0.15) is 32.3 Å². The summed E-state index contributed by atoms with van der Waals surface area (Å²) >= 11 is 24.3. The molecule has 6 aromatic carbocycles. The number of methoxy groups -OCH3 is 3. The molecule has 0 atom stereocenters. The van der Waals surface area contributed by atoms with Crippen molar-refractivity contribution >= 4 is 151 Å². The van der Waals surface area contributed by atoms with Gasteiger partial charge in [0.15, 0.2) is 47.0 Å². The number of hydrogen-bond acceptors (Lipinski definition) is 24. The van der Waals surface area contributed by atoms with Gasteiger partial charge in [-0.25, -0.2) is 40.2 Å². The van der Waals surface area contributed by atoms with Crippen LogP contribution in [-0.2, 0) is 58.4 Å². The Labute approximate surface area is 646 Å². The van der Waals surface area contributed by atoms with Gasteiger partial charge in [-0.2, -0.15) is 41.3 Å². The summed E-state index contributed by atoms with van der Waals surface area (Å²) < 4.78 is 164. The van der Waals surface area contributed by atoms with Crippen LogP contribution in [0.1, 0.15) is 58.2 Å². The number of nitrogens with one attached hydrogen (secondary N) is 7. The van der Waals surface area contributed by atoms with E-state index in [4.69, 9.17) is 72.1 Å². The molecule has 0 unspecified atom stereocenters. The lowest BCUT2D eigenvalue weighted by atomic mass is 10.1. The van der Waals surface area contributed by atoms with Crippen molar-refractivity contribution in [3.63, 3.8) is 0 Å². The number of aromatic nitrogens is 6. The lowest BCUT2D eigenvalue weighted by molar-refractivity contribution is -0.173. The molecule has 39 heteroatoms. The zero-order valence-electron chi connectivity index (χ0n) is 59.7. The number of carbonyl (C=O) groups is 2. The number of ether oxygens (including phenoxy) is 3. The smallest absolute Gasteiger partial charge is 0.471 e. The molecular weight excluding hydrogens is 1580 g/mol. The maximum atomic E-state index is 12.8. The van der Waals surface area contributed by atoms with E-state index in [1.807, 2.05) is 23.5 Å². The topological polar surface area (TPSA) is 378 Å². The number of nitrogens with zero attached hydrogens (tertiary/aromatic N) is 6. The molecule has 0 radical (unpaired) electrons. The van der Waals surface area contributed by atoms with Crippen molar-refractivity contribution in [3.05, 3.63) is 183 Å². The Hall–Kier alpha value is -9.75. The molecule has 0 saturated heterocycles. The van der Waals surface area contributed by atoms with E-state index >= 15 is 0 Å². The molecule has 0 aliphatic carbocycles. The highest BCUT2D eigenvalue weighted by Gasteiger charge is 2.39. The Balaban J connectivity index is 0.000000237. The number of halogens is 10. The van der Waals surface area contributed by atoms with Crippen LogP contribution in [-0.4, -0.2) is 136 Å². The van der Waals surface area contributed by atoms with Crippen LogP contribution in [0, 0.1) is 0 Å². The number of anilines is 11. The standard InChI is InChI=1S/C24H25ClF3N5O4S.C22H26ClN5O3S.C13H13Cl2N3O2S.C11H13F3N2O2/c1-14(2)38(35,36)20-7-5-4-6-17(20)31-21-16(25)13-30-23(33-21)32-18-12-15(8-9-19(18)37-3)10-11-29-22(34)24(26,27)28;1-14(2)32(29,30)20-7-5-4-6-17(20)26-21-16(23)13-25-22(28-21)27-18-12-15(10-11-24)8-9-19(18)31-3;1-8(2)21(19,20)11-6-4-3-5-10(11)17-12-9(14)7-16-13(15)18-12;1-18-9-3-2-7(6-8(9)15)4-5-16-10(17)11(12,13)14/h4-9,12-14H,10-11H2,1-3H3,(H,29,34)(H2,30,31,32,33);4-9,12-14H,10-11,24H2,1-3H3,(H2,25,26,27,28);3-8H,1-2H3,(H,16,17,18);2-3,6H,4-5,15H2,1H3,(H,16,17). The molecule has 26 nitrogen and oxygen atoms in total. The normalized spacial score (nSPS) is 11.6. The monoisotopic (exact) mass is 1650 g/mol. The fourth-order valence-corrected chi connectivity index (χ4v) is 13.4. The highest BCUT2D eigenvalue weighted by molar-refractivity contribution is 7.92. The zero-order chi connectivity index (χ0) is 80.8. The minimum atomic E-state index is -4.95. The molecule has 0 spiro atoms. The van der Waals surface area contributed by atoms with E-state index < -0.39 is 69.4 Å². The van der Waals surface area contributed by atoms with Gasteiger partial charge in [-0.15, -0.1) is 0 Å². The summed E-state index contributed by atoms with van der Waals surface area (Å²) in [5.74, 6) is -1.42. The number of nitrogen functional groups attached to an aromatic ring is 1. The molecule has 3 heterocycles. The second-order valence-electron chi connectivity index (χ2n) is 23.7. The van der Waals surface area contributed by atoms with E-state index in [2.05, 4.69) is 56.5 Å². The van der Waals surface area contributed by atoms with Crippen LogP contribution in [0.3, 0.4) is 0 Å². The molecule has 9 aromatic rings. The van der Waals surface area contributed by atoms with Crippen molar-refractivity contribution in [2.45, 2.75) is 104 Å². The van der Waals surface area contributed by atoms with E-state index in [1.54, 1.807) is 151 Å². The number of hydrogen-bond donors (Lipinski definition) is 9. The summed E-state index contributed by atoms with van der Waals surface area (Å²) in [7, 11) is -6.07. The number of amides is 2. The maximum Gasteiger partial charge on any atom is 0.471 e. The highest BCUT2D eigenvalue weighted by atomic mass is 35.5. The maximum absolute atomic E-state index is 12.8. The van der Waals surface area contributed by atoms with E-state index in [-0.39, 0.29) is 96.0 Å². The molecule has 109 heavy (non-hydrogen) atoms. The van der Waals surface area contributed by atoms with Crippen molar-refractivity contribution in [2.24, 2.45) is 5.73 Å². The van der Waals surface area contributed by atoms with Gasteiger partial charge in [-0.3, -0.25) is 9.59 Å². The van der Waals surface area contributed by atoms with Gasteiger partial charge in [0.05, 0.1) is 104 Å². The second kappa shape index (κ2) is 39.6. The van der Waals surface area contributed by atoms with Gasteiger partial charge in [-0.1, -0.05) is 89.4 Å². The van der Waals surface area contributed by atoms with Gasteiger partial charge in [-0.05, 0) is 168 Å². The molecule has 3 aromatic heterocycles. The predicted octanol–water partition coefficient (Wildman–Crippen LogP) is 14.5. The van der Waals surface area contributed by atoms with E-state index in [0.717, 1.165) is 11.1 Å². The van der Waals surface area contributed by atoms with Crippen LogP contribution in [0.4, 0.5) is 89.8 Å². The lowest BCUT2D eigenvalue weighted by Crippen LogP contribution is -2.37. The molecule has 0 fully saturated rings. The summed E-state index contributed by atoms with van der Waals surface area (Å²) in [6, 6.07) is 35.0. The first kappa shape index (κ1) is 88.2. The summed E-state index contributed by atoms with van der Waals surface area (Å²) in [4.78, 5) is 46.9. The van der Waals surface area contributed by atoms with Crippen molar-refractivity contribution in [1.29, 1.82) is 0 Å². The molecule has 0 aliphatic rings. The lowest BCUT2D eigenvalue weighted by Gasteiger charge is -2.16. The molecule has 0 saturated carbocycles. The van der Waals surface area contributed by atoms with E-state index in [0.29, 0.717) is 64.2 Å². The average Bonchev–Trinajstić information content (AvgIpc) is 0.807. The molecule has 9 rings (SSSR count). The van der Waals surface area contributed by atoms with Gasteiger partial charge in [0.2, 0.25) is 17.2 Å². The van der Waals surface area contributed by atoms with Crippen LogP contribution >= 0.6 is 46.4 Å². The largest absolute Gasteiger partial charge is 0.495 e. The Kier molecular flexibility index (Phi) is 32.0. The van der Waals surface area contributed by atoms with Crippen LogP contribution in [0.2, 0.25) is 20.4 Å². The number of alkyl halides is 6. The average molecular weight is 1660 g/mol. The van der Waals surface area contributed by atoms with Crippen molar-refractivity contribution < 1.29 is 75.4 Å². The second-order valence-corrected chi connectivity index (χ2v) is 32.7. The fourth-order valence-electron chi connectivity index (χ4n) is 9.27. The number of carbonyl (C=O) groups excluding carboxylic acids is 2. The summed E-state index contributed by atoms with van der Waals surface area (Å²) in [5.41, 5.74) is 16.2. The van der Waals surface area contributed by atoms with Gasteiger partial charge < -0.3 is 62.9 Å². The van der Waals surface area contributed by atoms with Crippen LogP contribution in [0.15, 0.2) is 161 Å². The molecule has 0 aliphatic heterocycles. The molecule has 2 amide bonds. The number of nitrogens with two attached hydrogens (primary N) is 2. The Morgan fingerprint density at radius 2 is 0.761 bits per heavy atom. The number of sulfone groups is 3. The third kappa shape index (κ3) is 25.1. The van der Waals surface area contributed by atoms with Crippen molar-refractivity contribution in [3.8, 4) is 17.2 Å². The zero-order valence-corrected chi connectivity index (χ0v) is 65.1. The van der Waals surface area contributed by atoms with Crippen molar-refractivity contribution in [2.75, 3.05) is 73.3 Å². The SMILES string of the molecule is CC(C)S(=O)(=O)c1ccccc1Nc1nc(Cl)ncc1Cl.COc1ccc(CCN)cc1Nc1ncc(Cl)c(Nc2ccccc2S(=O)(=O)C(C)C)n1.COc1ccc(CCNC(=O)C(F)(F)F)cc1N.COc1ccc(CCNC(=O)C(F)(F)F)cc1Nc1ncc(Cl)c(Nc2ccccc2S(=O)(=O)C(C)C)n1. The molecule has 586 valence electrons. The number of rotatable bonds is 27. The first-order chi connectivity index (χ1) is 51.2.